The highest BCUT2D eigenvalue weighted by Gasteiger charge is 2.23. The van der Waals surface area contributed by atoms with Gasteiger partial charge in [0, 0.05) is 38.3 Å². The Morgan fingerprint density at radius 2 is 2.14 bits per heavy atom. The molecule has 0 amide bonds. The molecule has 0 fully saturated rings. The number of aromatic nitrogens is 2. The van der Waals surface area contributed by atoms with Crippen LogP contribution in [-0.4, -0.2) is 27.3 Å². The van der Waals surface area contributed by atoms with E-state index in [1.54, 1.807) is 0 Å². The van der Waals surface area contributed by atoms with E-state index < -0.39 is 0 Å². The topological polar surface area (TPSA) is 41.0 Å². The van der Waals surface area contributed by atoms with Gasteiger partial charge >= 0.3 is 0 Å². The molecule has 0 radical (unpaired) electrons. The number of nitrogens with one attached hydrogen (secondary N) is 1. The maximum Gasteiger partial charge on any atom is 0.268 e. The van der Waals surface area contributed by atoms with Gasteiger partial charge < -0.3 is 0 Å². The lowest BCUT2D eigenvalue weighted by atomic mass is 10.1. The van der Waals surface area contributed by atoms with E-state index in [2.05, 4.69) is 23.8 Å². The molecule has 78 valence electrons. The highest BCUT2D eigenvalue weighted by molar-refractivity contribution is 5.20. The van der Waals surface area contributed by atoms with Gasteiger partial charge in [-0.2, -0.15) is 0 Å². The summed E-state index contributed by atoms with van der Waals surface area (Å²) in [7, 11) is 1.91. The molecule has 2 rings (SSSR count). The Kier molecular flexibility index (Phi) is 2.23. The SMILES string of the molecule is CC(C)N1CCc2c(c(=O)[nH]n2C)C1. The summed E-state index contributed by atoms with van der Waals surface area (Å²) in [6.45, 7) is 6.18. The van der Waals surface area contributed by atoms with Crippen molar-refractivity contribution < 1.29 is 0 Å². The van der Waals surface area contributed by atoms with E-state index in [0.29, 0.717) is 6.04 Å². The van der Waals surface area contributed by atoms with Crippen molar-refractivity contribution in [3.05, 3.63) is 21.6 Å². The molecule has 0 aliphatic carbocycles. The summed E-state index contributed by atoms with van der Waals surface area (Å²) in [5.74, 6) is 0. The van der Waals surface area contributed by atoms with Crippen LogP contribution in [0.1, 0.15) is 25.1 Å². The Morgan fingerprint density at radius 3 is 2.79 bits per heavy atom. The minimum absolute atomic E-state index is 0.0767. The lowest BCUT2D eigenvalue weighted by Crippen LogP contribution is -2.37. The molecule has 0 saturated carbocycles. The van der Waals surface area contributed by atoms with E-state index in [0.717, 1.165) is 25.1 Å². The van der Waals surface area contributed by atoms with Gasteiger partial charge in [0.2, 0.25) is 0 Å². The smallest absolute Gasteiger partial charge is 0.268 e. The molecule has 4 nitrogen and oxygen atoms in total. The van der Waals surface area contributed by atoms with Crippen LogP contribution in [0.4, 0.5) is 0 Å². The zero-order valence-electron chi connectivity index (χ0n) is 9.00. The van der Waals surface area contributed by atoms with E-state index >= 15 is 0 Å². The average Bonchev–Trinajstić information content (AvgIpc) is 2.42. The number of hydrogen-bond donors (Lipinski definition) is 1. The summed E-state index contributed by atoms with van der Waals surface area (Å²) in [5, 5.41) is 2.81. The monoisotopic (exact) mass is 195 g/mol. The van der Waals surface area contributed by atoms with E-state index in [9.17, 15) is 4.79 Å². The van der Waals surface area contributed by atoms with Crippen molar-refractivity contribution in [1.82, 2.24) is 14.7 Å². The Bertz CT molecular complexity index is 389. The van der Waals surface area contributed by atoms with Gasteiger partial charge in [-0.25, -0.2) is 0 Å². The second-order valence-corrected chi connectivity index (χ2v) is 4.24. The van der Waals surface area contributed by atoms with Gasteiger partial charge in [0.05, 0.1) is 5.56 Å². The summed E-state index contributed by atoms with van der Waals surface area (Å²) < 4.78 is 1.86. The molecule has 14 heavy (non-hydrogen) atoms. The van der Waals surface area contributed by atoms with E-state index in [-0.39, 0.29) is 5.56 Å². The van der Waals surface area contributed by atoms with Crippen LogP contribution in [0.5, 0.6) is 0 Å². The number of H-pyrrole nitrogens is 1. The van der Waals surface area contributed by atoms with Crippen molar-refractivity contribution in [3.63, 3.8) is 0 Å². The van der Waals surface area contributed by atoms with Crippen molar-refractivity contribution in [1.29, 1.82) is 0 Å². The summed E-state index contributed by atoms with van der Waals surface area (Å²) in [5.41, 5.74) is 2.20. The largest absolute Gasteiger partial charge is 0.296 e. The molecule has 4 heteroatoms. The third-order valence-electron chi connectivity index (χ3n) is 3.02. The van der Waals surface area contributed by atoms with Gasteiger partial charge in [0.1, 0.15) is 0 Å². The second kappa shape index (κ2) is 3.28. The third kappa shape index (κ3) is 1.39. The minimum atomic E-state index is 0.0767. The van der Waals surface area contributed by atoms with Gasteiger partial charge in [0.15, 0.2) is 0 Å². The maximum atomic E-state index is 11.5. The normalized spacial score (nSPS) is 17.4. The highest BCUT2D eigenvalue weighted by atomic mass is 16.1. The number of hydrogen-bond acceptors (Lipinski definition) is 2. The second-order valence-electron chi connectivity index (χ2n) is 4.24. The predicted octanol–water partition coefficient (Wildman–Crippen LogP) is 0.480. The Morgan fingerprint density at radius 1 is 1.43 bits per heavy atom. The Hall–Kier alpha value is -1.03. The molecule has 0 unspecified atom stereocenters. The number of nitrogens with zero attached hydrogens (tertiary/aromatic N) is 2. The fourth-order valence-corrected chi connectivity index (χ4v) is 2.07. The average molecular weight is 195 g/mol. The molecule has 0 saturated heterocycles. The van der Waals surface area contributed by atoms with Gasteiger partial charge in [0.25, 0.3) is 5.56 Å². The lowest BCUT2D eigenvalue weighted by Gasteiger charge is -2.29. The van der Waals surface area contributed by atoms with E-state index in [1.807, 2.05) is 11.7 Å². The molecule has 0 atom stereocenters. The van der Waals surface area contributed by atoms with E-state index in [4.69, 9.17) is 0 Å². The van der Waals surface area contributed by atoms with Crippen LogP contribution in [0, 0.1) is 0 Å². The number of aromatic amines is 1. The zero-order valence-corrected chi connectivity index (χ0v) is 9.00. The van der Waals surface area contributed by atoms with Gasteiger partial charge in [-0.1, -0.05) is 0 Å². The van der Waals surface area contributed by atoms with E-state index in [1.165, 1.54) is 5.69 Å². The predicted molar refractivity (Wildman–Crippen MR) is 55.3 cm³/mol. The van der Waals surface area contributed by atoms with Gasteiger partial charge in [-0.15, -0.1) is 0 Å². The molecule has 1 aliphatic rings. The van der Waals surface area contributed by atoms with Crippen LogP contribution in [0.2, 0.25) is 0 Å². The number of aryl methyl sites for hydroxylation is 1. The van der Waals surface area contributed by atoms with Crippen molar-refractivity contribution in [2.24, 2.45) is 7.05 Å². The van der Waals surface area contributed by atoms with Crippen LogP contribution in [0.3, 0.4) is 0 Å². The Labute approximate surface area is 83.5 Å². The lowest BCUT2D eigenvalue weighted by molar-refractivity contribution is 0.201. The molecule has 1 aromatic rings. The fraction of sp³-hybridized carbons (Fsp3) is 0.700. The van der Waals surface area contributed by atoms with Gasteiger partial charge in [-0.3, -0.25) is 19.5 Å². The maximum absolute atomic E-state index is 11.5. The molecule has 1 aliphatic heterocycles. The van der Waals surface area contributed by atoms with Crippen molar-refractivity contribution in [3.8, 4) is 0 Å². The summed E-state index contributed by atoms with van der Waals surface area (Å²) in [6.07, 6.45) is 0.975. The van der Waals surface area contributed by atoms with Crippen LogP contribution in [0.25, 0.3) is 0 Å². The van der Waals surface area contributed by atoms with Crippen molar-refractivity contribution >= 4 is 0 Å². The molecular weight excluding hydrogens is 178 g/mol. The highest BCUT2D eigenvalue weighted by Crippen LogP contribution is 2.16. The molecule has 1 N–H and O–H groups in total. The van der Waals surface area contributed by atoms with Crippen molar-refractivity contribution in [2.45, 2.75) is 32.9 Å². The molecule has 0 bridgehead atoms. The zero-order chi connectivity index (χ0) is 10.3. The fourth-order valence-electron chi connectivity index (χ4n) is 2.07. The van der Waals surface area contributed by atoms with Crippen LogP contribution in [-0.2, 0) is 20.0 Å². The van der Waals surface area contributed by atoms with Crippen LogP contribution >= 0.6 is 0 Å². The molecular formula is C10H17N3O. The number of fused-ring (bicyclic) bond motifs is 1. The first-order valence-corrected chi connectivity index (χ1v) is 5.10. The summed E-state index contributed by atoms with van der Waals surface area (Å²) in [6, 6.07) is 0.516. The first-order chi connectivity index (χ1) is 6.59. The van der Waals surface area contributed by atoms with Crippen LogP contribution < -0.4 is 5.56 Å². The quantitative estimate of drug-likeness (QED) is 0.708. The third-order valence-corrected chi connectivity index (χ3v) is 3.02. The van der Waals surface area contributed by atoms with Crippen LogP contribution in [0.15, 0.2) is 4.79 Å². The first kappa shape index (κ1) is 9.52. The summed E-state index contributed by atoms with van der Waals surface area (Å²) in [4.78, 5) is 13.9. The first-order valence-electron chi connectivity index (χ1n) is 5.10. The minimum Gasteiger partial charge on any atom is -0.296 e. The molecule has 0 spiro atoms. The standard InChI is InChI=1S/C10H17N3O/c1-7(2)13-5-4-9-8(6-13)10(14)11-12(9)3/h7H,4-6H2,1-3H3,(H,11,14). The summed E-state index contributed by atoms with van der Waals surface area (Å²) >= 11 is 0. The number of rotatable bonds is 1. The molecule has 0 aromatic carbocycles. The molecule has 2 heterocycles. The van der Waals surface area contributed by atoms with Gasteiger partial charge in [-0.05, 0) is 13.8 Å². The Balaban J connectivity index is 2.34. The van der Waals surface area contributed by atoms with Crippen molar-refractivity contribution in [2.75, 3.05) is 6.54 Å². The molecule has 1 aromatic heterocycles.